The highest BCUT2D eigenvalue weighted by Gasteiger charge is 2.30. The summed E-state index contributed by atoms with van der Waals surface area (Å²) in [6.07, 6.45) is 2.68. The Hall–Kier alpha value is -2.15. The first-order valence-corrected chi connectivity index (χ1v) is 9.87. The maximum Gasteiger partial charge on any atom is 0.255 e. The molecule has 0 radical (unpaired) electrons. The molecule has 0 spiro atoms. The van der Waals surface area contributed by atoms with Crippen molar-refractivity contribution in [3.05, 3.63) is 47.3 Å². The van der Waals surface area contributed by atoms with Gasteiger partial charge >= 0.3 is 0 Å². The Labute approximate surface area is 141 Å². The normalized spacial score (nSPS) is 19.3. The van der Waals surface area contributed by atoms with Crippen molar-refractivity contribution in [1.29, 1.82) is 0 Å². The predicted octanol–water partition coefficient (Wildman–Crippen LogP) is 1.66. The lowest BCUT2D eigenvalue weighted by molar-refractivity contribution is 0.0940. The molecule has 6 nitrogen and oxygen atoms in total. The van der Waals surface area contributed by atoms with Crippen LogP contribution in [0.1, 0.15) is 35.0 Å². The molecule has 1 saturated heterocycles. The highest BCUT2D eigenvalue weighted by molar-refractivity contribution is 7.91. The minimum absolute atomic E-state index is 0.0201. The summed E-state index contributed by atoms with van der Waals surface area (Å²) in [5.74, 6) is -0.0969. The lowest BCUT2D eigenvalue weighted by Gasteiger charge is -2.12. The summed E-state index contributed by atoms with van der Waals surface area (Å²) in [4.78, 5) is 12.5. The smallest absolute Gasteiger partial charge is 0.255 e. The number of hydrogen-bond acceptors (Lipinski definition) is 4. The molecule has 1 amide bonds. The fraction of sp³-hybridized carbons (Fsp3) is 0.412. The molecule has 1 N–H and O–H groups in total. The molecule has 1 aromatic heterocycles. The molecule has 1 aliphatic rings. The van der Waals surface area contributed by atoms with Gasteiger partial charge < -0.3 is 5.32 Å². The van der Waals surface area contributed by atoms with E-state index >= 15 is 0 Å². The van der Waals surface area contributed by atoms with Crippen LogP contribution >= 0.6 is 0 Å². The summed E-state index contributed by atoms with van der Waals surface area (Å²) in [6.45, 7) is 3.99. The zero-order valence-electron chi connectivity index (χ0n) is 13.8. The van der Waals surface area contributed by atoms with E-state index in [9.17, 15) is 13.2 Å². The van der Waals surface area contributed by atoms with Crippen LogP contribution in [-0.4, -0.2) is 41.7 Å². The van der Waals surface area contributed by atoms with Gasteiger partial charge in [0.1, 0.15) is 0 Å². The van der Waals surface area contributed by atoms with Gasteiger partial charge in [0, 0.05) is 6.04 Å². The third kappa shape index (κ3) is 3.36. The third-order valence-electron chi connectivity index (χ3n) is 4.29. The summed E-state index contributed by atoms with van der Waals surface area (Å²) in [7, 11) is -3.02. The van der Waals surface area contributed by atoms with Crippen molar-refractivity contribution in [3.63, 3.8) is 0 Å². The van der Waals surface area contributed by atoms with Crippen molar-refractivity contribution < 1.29 is 13.2 Å². The SMILES string of the molecule is CCc1c(C(=O)N[C@H]2CCS(=O)(=O)C2)cnn1-c1ccc(C)cc1. The van der Waals surface area contributed by atoms with Crippen molar-refractivity contribution in [3.8, 4) is 5.69 Å². The Morgan fingerprint density at radius 3 is 2.62 bits per heavy atom. The maximum atomic E-state index is 12.5. The summed E-state index contributed by atoms with van der Waals surface area (Å²) < 4.78 is 24.8. The van der Waals surface area contributed by atoms with Gasteiger partial charge in [-0.05, 0) is 31.9 Å². The highest BCUT2D eigenvalue weighted by Crippen LogP contribution is 2.18. The first-order chi connectivity index (χ1) is 11.4. The number of nitrogens with one attached hydrogen (secondary N) is 1. The molecule has 7 heteroatoms. The summed E-state index contributed by atoms with van der Waals surface area (Å²) in [6, 6.07) is 7.62. The van der Waals surface area contributed by atoms with Crippen molar-refractivity contribution in [2.75, 3.05) is 11.5 Å². The van der Waals surface area contributed by atoms with Crippen LogP contribution in [0.3, 0.4) is 0 Å². The number of benzene rings is 1. The van der Waals surface area contributed by atoms with Gasteiger partial charge in [0.15, 0.2) is 9.84 Å². The Morgan fingerprint density at radius 1 is 1.33 bits per heavy atom. The van der Waals surface area contributed by atoms with Gasteiger partial charge in [-0.25, -0.2) is 13.1 Å². The minimum atomic E-state index is -3.02. The second-order valence-corrected chi connectivity index (χ2v) is 8.41. The van der Waals surface area contributed by atoms with E-state index in [-0.39, 0.29) is 23.5 Å². The largest absolute Gasteiger partial charge is 0.348 e. The molecule has 1 atom stereocenters. The number of rotatable bonds is 4. The third-order valence-corrected chi connectivity index (χ3v) is 6.06. The van der Waals surface area contributed by atoms with E-state index < -0.39 is 9.84 Å². The molecule has 0 saturated carbocycles. The lowest BCUT2D eigenvalue weighted by atomic mass is 10.1. The lowest BCUT2D eigenvalue weighted by Crippen LogP contribution is -2.35. The Morgan fingerprint density at radius 2 is 2.04 bits per heavy atom. The quantitative estimate of drug-likeness (QED) is 0.912. The van der Waals surface area contributed by atoms with E-state index in [0.717, 1.165) is 16.9 Å². The van der Waals surface area contributed by atoms with Crippen LogP contribution in [-0.2, 0) is 16.3 Å². The van der Waals surface area contributed by atoms with E-state index in [4.69, 9.17) is 0 Å². The van der Waals surface area contributed by atoms with Gasteiger partial charge in [-0.3, -0.25) is 4.79 Å². The molecule has 24 heavy (non-hydrogen) atoms. The van der Waals surface area contributed by atoms with Gasteiger partial charge in [-0.2, -0.15) is 5.10 Å². The van der Waals surface area contributed by atoms with Crippen molar-refractivity contribution in [1.82, 2.24) is 15.1 Å². The van der Waals surface area contributed by atoms with Crippen molar-refractivity contribution in [2.24, 2.45) is 0 Å². The van der Waals surface area contributed by atoms with Crippen LogP contribution in [0, 0.1) is 6.92 Å². The summed E-state index contributed by atoms with van der Waals surface area (Å²) in [5, 5.41) is 7.18. The molecular formula is C17H21N3O3S. The molecule has 2 aromatic rings. The van der Waals surface area contributed by atoms with Crippen LogP contribution in [0.15, 0.2) is 30.5 Å². The minimum Gasteiger partial charge on any atom is -0.348 e. The average Bonchev–Trinajstić information content (AvgIpc) is 3.11. The molecule has 2 heterocycles. The fourth-order valence-corrected chi connectivity index (χ4v) is 4.66. The van der Waals surface area contributed by atoms with Gasteiger partial charge in [0.2, 0.25) is 0 Å². The molecule has 3 rings (SSSR count). The maximum absolute atomic E-state index is 12.5. The zero-order chi connectivity index (χ0) is 17.3. The number of carbonyl (C=O) groups excluding carboxylic acids is 1. The predicted molar refractivity (Wildman–Crippen MR) is 92.2 cm³/mol. The Kier molecular flexibility index (Phi) is 4.45. The van der Waals surface area contributed by atoms with Crippen LogP contribution in [0.5, 0.6) is 0 Å². The topological polar surface area (TPSA) is 81.1 Å². The van der Waals surface area contributed by atoms with Crippen LogP contribution in [0.4, 0.5) is 0 Å². The number of aromatic nitrogens is 2. The summed E-state index contributed by atoms with van der Waals surface area (Å²) in [5.41, 5.74) is 3.38. The molecule has 1 aliphatic heterocycles. The number of carbonyl (C=O) groups is 1. The van der Waals surface area contributed by atoms with E-state index in [2.05, 4.69) is 10.4 Å². The first kappa shape index (κ1) is 16.7. The molecule has 0 aliphatic carbocycles. The second-order valence-electron chi connectivity index (χ2n) is 6.18. The summed E-state index contributed by atoms with van der Waals surface area (Å²) >= 11 is 0. The Bertz CT molecular complexity index is 854. The van der Waals surface area contributed by atoms with Crippen LogP contribution < -0.4 is 5.32 Å². The standard InChI is InChI=1S/C17H21N3O3S/c1-3-16-15(17(21)19-13-8-9-24(22,23)11-13)10-18-20(16)14-6-4-12(2)5-7-14/h4-7,10,13H,3,8-9,11H2,1-2H3,(H,19,21)/t13-/m0/s1. The van der Waals surface area contributed by atoms with Gasteiger partial charge in [0.05, 0.1) is 34.6 Å². The monoisotopic (exact) mass is 347 g/mol. The molecular weight excluding hydrogens is 326 g/mol. The first-order valence-electron chi connectivity index (χ1n) is 8.05. The Balaban J connectivity index is 1.84. The molecule has 128 valence electrons. The number of aryl methyl sites for hydroxylation is 1. The van der Waals surface area contributed by atoms with E-state index in [1.54, 1.807) is 10.9 Å². The molecule has 0 bridgehead atoms. The molecule has 0 unspecified atom stereocenters. The van der Waals surface area contributed by atoms with Crippen molar-refractivity contribution >= 4 is 15.7 Å². The van der Waals surface area contributed by atoms with E-state index in [1.165, 1.54) is 0 Å². The van der Waals surface area contributed by atoms with E-state index in [1.807, 2.05) is 38.1 Å². The second kappa shape index (κ2) is 6.39. The van der Waals surface area contributed by atoms with Crippen LogP contribution in [0.25, 0.3) is 5.69 Å². The van der Waals surface area contributed by atoms with Crippen molar-refractivity contribution in [2.45, 2.75) is 32.7 Å². The van der Waals surface area contributed by atoms with Gasteiger partial charge in [-0.1, -0.05) is 24.6 Å². The fourth-order valence-electron chi connectivity index (χ4n) is 2.98. The van der Waals surface area contributed by atoms with Gasteiger partial charge in [-0.15, -0.1) is 0 Å². The van der Waals surface area contributed by atoms with Crippen LogP contribution in [0.2, 0.25) is 0 Å². The van der Waals surface area contributed by atoms with Gasteiger partial charge in [0.25, 0.3) is 5.91 Å². The average molecular weight is 347 g/mol. The van der Waals surface area contributed by atoms with E-state index in [0.29, 0.717) is 18.4 Å². The highest BCUT2D eigenvalue weighted by atomic mass is 32.2. The number of hydrogen-bond donors (Lipinski definition) is 1. The molecule has 1 fully saturated rings. The number of sulfone groups is 1. The number of amides is 1. The number of nitrogens with zero attached hydrogens (tertiary/aromatic N) is 2. The zero-order valence-corrected chi connectivity index (χ0v) is 14.6. The molecule has 1 aromatic carbocycles.